The molecule has 0 radical (unpaired) electrons. The second kappa shape index (κ2) is 5.87. The summed E-state index contributed by atoms with van der Waals surface area (Å²) in [6.45, 7) is 6.24. The Kier molecular flexibility index (Phi) is 4.43. The molecule has 1 fully saturated rings. The summed E-state index contributed by atoms with van der Waals surface area (Å²) in [7, 11) is 2.13. The quantitative estimate of drug-likeness (QED) is 0.868. The predicted octanol–water partition coefficient (Wildman–Crippen LogP) is 1.78. The van der Waals surface area contributed by atoms with Crippen LogP contribution >= 0.6 is 0 Å². The van der Waals surface area contributed by atoms with Gasteiger partial charge in [0.25, 0.3) is 0 Å². The van der Waals surface area contributed by atoms with E-state index in [-0.39, 0.29) is 5.41 Å². The molecular formula is C14H24N2O2. The van der Waals surface area contributed by atoms with Gasteiger partial charge < -0.3 is 14.9 Å². The lowest BCUT2D eigenvalue weighted by molar-refractivity contribution is 0.00193. The minimum absolute atomic E-state index is 0.217. The van der Waals surface area contributed by atoms with Crippen LogP contribution in [0.3, 0.4) is 0 Å². The highest BCUT2D eigenvalue weighted by Gasteiger charge is 2.32. The Morgan fingerprint density at radius 1 is 1.33 bits per heavy atom. The Balaban J connectivity index is 1.90. The van der Waals surface area contributed by atoms with E-state index in [1.54, 1.807) is 0 Å². The zero-order valence-electron chi connectivity index (χ0n) is 11.4. The van der Waals surface area contributed by atoms with E-state index in [4.69, 9.17) is 14.9 Å². The van der Waals surface area contributed by atoms with Gasteiger partial charge in [-0.05, 0) is 50.9 Å². The maximum absolute atomic E-state index is 5.98. The maximum atomic E-state index is 5.98. The Morgan fingerprint density at radius 2 is 2.06 bits per heavy atom. The van der Waals surface area contributed by atoms with E-state index in [2.05, 4.69) is 11.9 Å². The number of furan rings is 1. The van der Waals surface area contributed by atoms with E-state index in [0.717, 1.165) is 57.2 Å². The van der Waals surface area contributed by atoms with Gasteiger partial charge in [-0.1, -0.05) is 0 Å². The van der Waals surface area contributed by atoms with Gasteiger partial charge in [-0.25, -0.2) is 0 Å². The van der Waals surface area contributed by atoms with Gasteiger partial charge in [-0.2, -0.15) is 0 Å². The average molecular weight is 252 g/mol. The lowest BCUT2D eigenvalue weighted by atomic mass is 9.80. The van der Waals surface area contributed by atoms with Crippen LogP contribution in [0.2, 0.25) is 0 Å². The number of aryl methyl sites for hydroxylation is 1. The number of ether oxygens (including phenoxy) is 1. The first kappa shape index (κ1) is 13.6. The number of hydrogen-bond acceptors (Lipinski definition) is 4. The van der Waals surface area contributed by atoms with E-state index in [1.165, 1.54) is 0 Å². The van der Waals surface area contributed by atoms with Gasteiger partial charge in [0.2, 0.25) is 0 Å². The van der Waals surface area contributed by atoms with E-state index < -0.39 is 0 Å². The number of nitrogens with zero attached hydrogens (tertiary/aromatic N) is 1. The van der Waals surface area contributed by atoms with E-state index in [0.29, 0.717) is 0 Å². The summed E-state index contributed by atoms with van der Waals surface area (Å²) in [5.41, 5.74) is 6.20. The van der Waals surface area contributed by atoms with Gasteiger partial charge >= 0.3 is 0 Å². The molecule has 1 aliphatic heterocycles. The molecule has 2 heterocycles. The van der Waals surface area contributed by atoms with Crippen molar-refractivity contribution < 1.29 is 9.15 Å². The summed E-state index contributed by atoms with van der Waals surface area (Å²) in [5, 5.41) is 0. The molecule has 0 aliphatic carbocycles. The van der Waals surface area contributed by atoms with Crippen molar-refractivity contribution in [2.75, 3.05) is 33.4 Å². The predicted molar refractivity (Wildman–Crippen MR) is 71.3 cm³/mol. The average Bonchev–Trinajstić information content (AvgIpc) is 2.75. The summed E-state index contributed by atoms with van der Waals surface area (Å²) >= 11 is 0. The Bertz CT molecular complexity index is 370. The van der Waals surface area contributed by atoms with Crippen LogP contribution < -0.4 is 5.73 Å². The molecule has 4 heteroatoms. The molecule has 0 amide bonds. The van der Waals surface area contributed by atoms with Crippen molar-refractivity contribution >= 4 is 0 Å². The van der Waals surface area contributed by atoms with Crippen LogP contribution in [0.1, 0.15) is 24.4 Å². The first-order chi connectivity index (χ1) is 8.63. The highest BCUT2D eigenvalue weighted by atomic mass is 16.5. The van der Waals surface area contributed by atoms with E-state index >= 15 is 0 Å². The molecule has 0 aromatic carbocycles. The number of nitrogens with two attached hydrogens (primary N) is 1. The lowest BCUT2D eigenvalue weighted by Crippen LogP contribution is -2.44. The van der Waals surface area contributed by atoms with Crippen LogP contribution in [-0.2, 0) is 11.3 Å². The molecule has 0 bridgehead atoms. The molecule has 1 aliphatic rings. The fourth-order valence-corrected chi connectivity index (χ4v) is 2.70. The van der Waals surface area contributed by atoms with Gasteiger partial charge in [0.15, 0.2) is 0 Å². The molecule has 0 unspecified atom stereocenters. The zero-order valence-corrected chi connectivity index (χ0v) is 11.4. The van der Waals surface area contributed by atoms with Crippen molar-refractivity contribution in [1.29, 1.82) is 0 Å². The van der Waals surface area contributed by atoms with Crippen LogP contribution in [0.4, 0.5) is 0 Å². The molecule has 4 nitrogen and oxygen atoms in total. The molecule has 0 saturated carbocycles. The number of hydrogen-bond donors (Lipinski definition) is 1. The van der Waals surface area contributed by atoms with E-state index in [1.807, 2.05) is 19.1 Å². The second-order valence-corrected chi connectivity index (χ2v) is 5.50. The summed E-state index contributed by atoms with van der Waals surface area (Å²) < 4.78 is 11.0. The molecule has 1 saturated heterocycles. The third kappa shape index (κ3) is 3.34. The highest BCUT2D eigenvalue weighted by Crippen LogP contribution is 2.30. The third-order valence-corrected chi connectivity index (χ3v) is 3.81. The van der Waals surface area contributed by atoms with Crippen molar-refractivity contribution in [2.45, 2.75) is 26.3 Å². The Labute approximate surface area is 109 Å². The number of rotatable bonds is 5. The van der Waals surface area contributed by atoms with Crippen molar-refractivity contribution in [3.05, 3.63) is 23.7 Å². The minimum Gasteiger partial charge on any atom is -0.465 e. The Morgan fingerprint density at radius 3 is 2.61 bits per heavy atom. The second-order valence-electron chi connectivity index (χ2n) is 5.50. The van der Waals surface area contributed by atoms with Gasteiger partial charge in [0, 0.05) is 19.8 Å². The van der Waals surface area contributed by atoms with Gasteiger partial charge in [0.1, 0.15) is 11.5 Å². The van der Waals surface area contributed by atoms with Crippen molar-refractivity contribution in [3.63, 3.8) is 0 Å². The van der Waals surface area contributed by atoms with Crippen molar-refractivity contribution in [1.82, 2.24) is 4.90 Å². The van der Waals surface area contributed by atoms with Crippen LogP contribution in [0.5, 0.6) is 0 Å². The zero-order chi connectivity index (χ0) is 13.0. The maximum Gasteiger partial charge on any atom is 0.118 e. The largest absolute Gasteiger partial charge is 0.465 e. The fourth-order valence-electron chi connectivity index (χ4n) is 2.70. The topological polar surface area (TPSA) is 51.6 Å². The van der Waals surface area contributed by atoms with E-state index in [9.17, 15) is 0 Å². The molecule has 2 N–H and O–H groups in total. The summed E-state index contributed by atoms with van der Waals surface area (Å²) in [6.07, 6.45) is 2.12. The monoisotopic (exact) mass is 252 g/mol. The molecule has 1 aromatic heterocycles. The van der Waals surface area contributed by atoms with Crippen molar-refractivity contribution in [3.8, 4) is 0 Å². The normalized spacial score (nSPS) is 19.3. The summed E-state index contributed by atoms with van der Waals surface area (Å²) in [5.74, 6) is 1.99. The SMILES string of the molecule is Cc1ccc(CN(C)CC2(CN)CCOCC2)o1. The molecule has 102 valence electrons. The fraction of sp³-hybridized carbons (Fsp3) is 0.714. The minimum atomic E-state index is 0.217. The van der Waals surface area contributed by atoms with Crippen LogP contribution in [-0.4, -0.2) is 38.3 Å². The molecule has 18 heavy (non-hydrogen) atoms. The van der Waals surface area contributed by atoms with Crippen LogP contribution in [0, 0.1) is 12.3 Å². The highest BCUT2D eigenvalue weighted by molar-refractivity contribution is 5.05. The molecule has 2 rings (SSSR count). The molecule has 0 spiro atoms. The smallest absolute Gasteiger partial charge is 0.118 e. The standard InChI is InChI=1S/C14H24N2O2/c1-12-3-4-13(18-12)9-16(2)11-14(10-15)5-7-17-8-6-14/h3-4H,5-11,15H2,1-2H3. The molecule has 0 atom stereocenters. The lowest BCUT2D eigenvalue weighted by Gasteiger charge is -2.39. The molecule has 1 aromatic rings. The molecular weight excluding hydrogens is 228 g/mol. The van der Waals surface area contributed by atoms with Crippen LogP contribution in [0.15, 0.2) is 16.5 Å². The van der Waals surface area contributed by atoms with Gasteiger partial charge in [-0.15, -0.1) is 0 Å². The summed E-state index contributed by atoms with van der Waals surface area (Å²) in [6, 6.07) is 4.06. The Hall–Kier alpha value is -0.840. The first-order valence-corrected chi connectivity index (χ1v) is 6.65. The summed E-state index contributed by atoms with van der Waals surface area (Å²) in [4.78, 5) is 2.30. The van der Waals surface area contributed by atoms with Gasteiger partial charge in [0.05, 0.1) is 6.54 Å². The van der Waals surface area contributed by atoms with Gasteiger partial charge in [-0.3, -0.25) is 4.90 Å². The first-order valence-electron chi connectivity index (χ1n) is 6.65. The van der Waals surface area contributed by atoms with Crippen molar-refractivity contribution in [2.24, 2.45) is 11.1 Å². The third-order valence-electron chi connectivity index (χ3n) is 3.81. The van der Waals surface area contributed by atoms with Crippen LogP contribution in [0.25, 0.3) is 0 Å².